The quantitative estimate of drug-likeness (QED) is 0.296. The maximum atomic E-state index is 9.46. The van der Waals surface area contributed by atoms with Crippen LogP contribution in [0, 0.1) is 25.2 Å². The van der Waals surface area contributed by atoms with Gasteiger partial charge in [-0.1, -0.05) is 54.6 Å². The van der Waals surface area contributed by atoms with Gasteiger partial charge in [0.1, 0.15) is 0 Å². The Kier molecular flexibility index (Phi) is 3.96. The standard InChI is InChI=1S/C29H21N3/c1-19-16-21(18-30)17-20(2)27(19)32-26-15-9-7-13-24(26)28-29(32)23-12-6-8-14-25(23)31(28)22-10-4-3-5-11-22/h3-17H,1-2H3. The van der Waals surface area contributed by atoms with Gasteiger partial charge in [0, 0.05) is 16.5 Å². The van der Waals surface area contributed by atoms with Gasteiger partial charge in [-0.3, -0.25) is 0 Å². The van der Waals surface area contributed by atoms with E-state index >= 15 is 0 Å². The van der Waals surface area contributed by atoms with Gasteiger partial charge < -0.3 is 9.13 Å². The molecule has 0 saturated heterocycles. The van der Waals surface area contributed by atoms with Crippen molar-refractivity contribution in [1.29, 1.82) is 5.26 Å². The normalized spacial score (nSPS) is 11.4. The molecule has 0 atom stereocenters. The third kappa shape index (κ3) is 2.47. The summed E-state index contributed by atoms with van der Waals surface area (Å²) in [6.45, 7) is 4.19. The van der Waals surface area contributed by atoms with Crippen LogP contribution in [0.1, 0.15) is 16.7 Å². The number of para-hydroxylation sites is 3. The van der Waals surface area contributed by atoms with E-state index in [2.05, 4.69) is 108 Å². The van der Waals surface area contributed by atoms with Gasteiger partial charge in [-0.15, -0.1) is 0 Å². The fourth-order valence-electron chi connectivity index (χ4n) is 5.14. The number of hydrogen-bond acceptors (Lipinski definition) is 1. The Labute approximate surface area is 186 Å². The van der Waals surface area contributed by atoms with Crippen molar-refractivity contribution in [3.63, 3.8) is 0 Å². The Morgan fingerprint density at radius 1 is 0.625 bits per heavy atom. The van der Waals surface area contributed by atoms with Crippen LogP contribution in [0.25, 0.3) is 44.2 Å². The molecule has 0 aliphatic heterocycles. The van der Waals surface area contributed by atoms with Crippen LogP contribution in [-0.2, 0) is 0 Å². The van der Waals surface area contributed by atoms with Crippen molar-refractivity contribution in [3.05, 3.63) is 108 Å². The number of rotatable bonds is 2. The summed E-state index contributed by atoms with van der Waals surface area (Å²) in [5, 5.41) is 11.9. The average Bonchev–Trinajstić information content (AvgIpc) is 3.33. The van der Waals surface area contributed by atoms with Crippen LogP contribution in [0.4, 0.5) is 0 Å². The van der Waals surface area contributed by atoms with Crippen LogP contribution in [0.3, 0.4) is 0 Å². The van der Waals surface area contributed by atoms with Crippen LogP contribution in [0.2, 0.25) is 0 Å². The SMILES string of the molecule is Cc1cc(C#N)cc(C)c1-n1c2ccccc2c2c1c1ccccc1n2-c1ccccc1. The van der Waals surface area contributed by atoms with Crippen molar-refractivity contribution < 1.29 is 0 Å². The lowest BCUT2D eigenvalue weighted by atomic mass is 10.0. The Balaban J connectivity index is 1.89. The molecule has 0 N–H and O–H groups in total. The van der Waals surface area contributed by atoms with Crippen LogP contribution < -0.4 is 0 Å². The Bertz CT molecular complexity index is 1660. The molecule has 0 radical (unpaired) electrons. The molecule has 0 fully saturated rings. The molecule has 32 heavy (non-hydrogen) atoms. The molecule has 6 rings (SSSR count). The monoisotopic (exact) mass is 411 g/mol. The fraction of sp³-hybridized carbons (Fsp3) is 0.0690. The number of nitriles is 1. The van der Waals surface area contributed by atoms with E-state index in [4.69, 9.17) is 0 Å². The van der Waals surface area contributed by atoms with Crippen molar-refractivity contribution in [1.82, 2.24) is 9.13 Å². The molecule has 0 amide bonds. The van der Waals surface area contributed by atoms with Gasteiger partial charge in [-0.05, 0) is 61.4 Å². The molecule has 0 spiro atoms. The smallest absolute Gasteiger partial charge is 0.0991 e. The highest BCUT2D eigenvalue weighted by Crippen LogP contribution is 2.41. The predicted octanol–water partition coefficient (Wildman–Crippen LogP) is 7.22. The molecule has 6 aromatic rings. The molecule has 0 unspecified atom stereocenters. The predicted molar refractivity (Wildman–Crippen MR) is 132 cm³/mol. The summed E-state index contributed by atoms with van der Waals surface area (Å²) < 4.78 is 4.76. The zero-order chi connectivity index (χ0) is 21.8. The molecule has 3 heteroatoms. The third-order valence-electron chi connectivity index (χ3n) is 6.33. The van der Waals surface area contributed by atoms with Gasteiger partial charge in [0.25, 0.3) is 0 Å². The Morgan fingerprint density at radius 3 is 1.72 bits per heavy atom. The Hall–Kier alpha value is -4.29. The van der Waals surface area contributed by atoms with Crippen molar-refractivity contribution in [2.24, 2.45) is 0 Å². The van der Waals surface area contributed by atoms with Crippen molar-refractivity contribution in [2.75, 3.05) is 0 Å². The molecule has 0 aliphatic carbocycles. The van der Waals surface area contributed by atoms with E-state index in [1.807, 2.05) is 12.1 Å². The van der Waals surface area contributed by atoms with E-state index in [1.54, 1.807) is 0 Å². The van der Waals surface area contributed by atoms with Gasteiger partial charge in [-0.25, -0.2) is 0 Å². The lowest BCUT2D eigenvalue weighted by Gasteiger charge is -2.15. The lowest BCUT2D eigenvalue weighted by Crippen LogP contribution is -2.01. The fourth-order valence-corrected chi connectivity index (χ4v) is 5.14. The van der Waals surface area contributed by atoms with Crippen molar-refractivity contribution in [2.45, 2.75) is 13.8 Å². The van der Waals surface area contributed by atoms with Gasteiger partial charge >= 0.3 is 0 Å². The number of nitrogens with zero attached hydrogens (tertiary/aromatic N) is 3. The first kappa shape index (κ1) is 18.5. The average molecular weight is 412 g/mol. The highest BCUT2D eigenvalue weighted by atomic mass is 15.1. The molecule has 152 valence electrons. The third-order valence-corrected chi connectivity index (χ3v) is 6.33. The molecular weight excluding hydrogens is 390 g/mol. The lowest BCUT2D eigenvalue weighted by molar-refractivity contribution is 1.12. The van der Waals surface area contributed by atoms with E-state index in [-0.39, 0.29) is 0 Å². The number of benzene rings is 4. The molecule has 0 aliphatic rings. The summed E-state index contributed by atoms with van der Waals surface area (Å²) in [6.07, 6.45) is 0. The van der Waals surface area contributed by atoms with E-state index in [1.165, 1.54) is 32.8 Å². The zero-order valence-electron chi connectivity index (χ0n) is 18.0. The van der Waals surface area contributed by atoms with Gasteiger partial charge in [0.05, 0.1) is 39.4 Å². The Morgan fingerprint density at radius 2 is 1.12 bits per heavy atom. The minimum atomic E-state index is 0.697. The maximum absolute atomic E-state index is 9.46. The summed E-state index contributed by atoms with van der Waals surface area (Å²) in [5.41, 5.74) is 9.94. The summed E-state index contributed by atoms with van der Waals surface area (Å²) in [4.78, 5) is 0. The number of aryl methyl sites for hydroxylation is 2. The first-order valence-electron chi connectivity index (χ1n) is 10.8. The van der Waals surface area contributed by atoms with Gasteiger partial charge in [0.2, 0.25) is 0 Å². The molecular formula is C29H21N3. The van der Waals surface area contributed by atoms with E-state index < -0.39 is 0 Å². The molecule has 2 aromatic heterocycles. The van der Waals surface area contributed by atoms with E-state index in [9.17, 15) is 5.26 Å². The van der Waals surface area contributed by atoms with Crippen LogP contribution in [0.5, 0.6) is 0 Å². The molecule has 2 heterocycles. The van der Waals surface area contributed by atoms with Gasteiger partial charge in [0.15, 0.2) is 0 Å². The minimum Gasteiger partial charge on any atom is -0.307 e. The summed E-state index contributed by atoms with van der Waals surface area (Å²) >= 11 is 0. The van der Waals surface area contributed by atoms with Crippen LogP contribution >= 0.6 is 0 Å². The largest absolute Gasteiger partial charge is 0.307 e. The van der Waals surface area contributed by atoms with Crippen molar-refractivity contribution in [3.8, 4) is 17.4 Å². The first-order valence-corrected chi connectivity index (χ1v) is 10.8. The topological polar surface area (TPSA) is 33.6 Å². The molecule has 0 saturated carbocycles. The molecule has 4 aromatic carbocycles. The maximum Gasteiger partial charge on any atom is 0.0991 e. The first-order chi connectivity index (χ1) is 15.7. The van der Waals surface area contributed by atoms with E-state index in [0.717, 1.165) is 22.5 Å². The molecule has 0 bridgehead atoms. The molecule has 3 nitrogen and oxygen atoms in total. The second-order valence-corrected chi connectivity index (χ2v) is 8.31. The zero-order valence-corrected chi connectivity index (χ0v) is 18.0. The number of hydrogen-bond donors (Lipinski definition) is 0. The van der Waals surface area contributed by atoms with Crippen molar-refractivity contribution >= 4 is 32.8 Å². The second-order valence-electron chi connectivity index (χ2n) is 8.31. The summed E-state index contributed by atoms with van der Waals surface area (Å²) in [6, 6.07) is 34.0. The second kappa shape index (κ2) is 6.87. The minimum absolute atomic E-state index is 0.697. The summed E-state index contributed by atoms with van der Waals surface area (Å²) in [5.74, 6) is 0. The van der Waals surface area contributed by atoms with Crippen LogP contribution in [0.15, 0.2) is 91.0 Å². The number of aromatic nitrogens is 2. The number of fused-ring (bicyclic) bond motifs is 5. The van der Waals surface area contributed by atoms with Gasteiger partial charge in [-0.2, -0.15) is 5.26 Å². The van der Waals surface area contributed by atoms with E-state index in [0.29, 0.717) is 5.56 Å². The summed E-state index contributed by atoms with van der Waals surface area (Å²) in [7, 11) is 0. The highest BCUT2D eigenvalue weighted by Gasteiger charge is 2.23. The highest BCUT2D eigenvalue weighted by molar-refractivity contribution is 6.20. The van der Waals surface area contributed by atoms with Crippen LogP contribution in [-0.4, -0.2) is 9.13 Å².